The molecule has 2 unspecified atom stereocenters. The molecule has 0 fully saturated rings. The molecular weight excluding hydrogens is 194 g/mol. The molecule has 1 heteroatoms. The monoisotopic (exact) mass is 219 g/mol. The molecule has 1 nitrogen and oxygen atoms in total. The average molecular weight is 219 g/mol. The second-order valence-electron chi connectivity index (χ2n) is 4.54. The lowest BCUT2D eigenvalue weighted by Gasteiger charge is -2.25. The zero-order valence-corrected chi connectivity index (χ0v) is 10.9. The molecule has 0 aromatic heterocycles. The van der Waals surface area contributed by atoms with Crippen LogP contribution in [0.1, 0.15) is 38.7 Å². The van der Waals surface area contributed by atoms with E-state index in [2.05, 4.69) is 56.5 Å². The first-order valence-corrected chi connectivity index (χ1v) is 6.53. The third-order valence-electron chi connectivity index (χ3n) is 3.40. The van der Waals surface area contributed by atoms with E-state index in [0.29, 0.717) is 6.04 Å². The molecule has 0 heterocycles. The lowest BCUT2D eigenvalue weighted by atomic mass is 9.87. The van der Waals surface area contributed by atoms with Crippen molar-refractivity contribution in [3.63, 3.8) is 0 Å². The van der Waals surface area contributed by atoms with E-state index in [0.717, 1.165) is 5.92 Å². The van der Waals surface area contributed by atoms with Gasteiger partial charge in [-0.15, -0.1) is 0 Å². The minimum atomic E-state index is 0.662. The second kappa shape index (κ2) is 7.45. The molecule has 0 bridgehead atoms. The molecule has 16 heavy (non-hydrogen) atoms. The Kier molecular flexibility index (Phi) is 6.17. The number of benzene rings is 1. The second-order valence-corrected chi connectivity index (χ2v) is 4.54. The first-order chi connectivity index (χ1) is 7.81. The van der Waals surface area contributed by atoms with E-state index < -0.39 is 0 Å². The molecule has 0 saturated heterocycles. The smallest absolute Gasteiger partial charge is 0.00952 e. The Morgan fingerprint density at radius 2 is 1.81 bits per heavy atom. The van der Waals surface area contributed by atoms with Crippen molar-refractivity contribution in [1.29, 1.82) is 0 Å². The third kappa shape index (κ3) is 3.97. The summed E-state index contributed by atoms with van der Waals surface area (Å²) in [5.74, 6) is 0.757. The van der Waals surface area contributed by atoms with Gasteiger partial charge in [-0.1, -0.05) is 57.0 Å². The molecule has 0 aliphatic carbocycles. The Morgan fingerprint density at radius 1 is 1.12 bits per heavy atom. The van der Waals surface area contributed by atoms with Gasteiger partial charge in [0, 0.05) is 6.04 Å². The van der Waals surface area contributed by atoms with Crippen molar-refractivity contribution in [1.82, 2.24) is 5.32 Å². The molecule has 0 saturated carbocycles. The van der Waals surface area contributed by atoms with Gasteiger partial charge in [-0.25, -0.2) is 0 Å². The maximum Gasteiger partial charge on any atom is 0.00952 e. The molecule has 1 aromatic rings. The molecule has 0 aliphatic rings. The minimum absolute atomic E-state index is 0.662. The largest absolute Gasteiger partial charge is 0.317 e. The number of hydrogen-bond donors (Lipinski definition) is 1. The molecule has 0 aliphatic heterocycles. The van der Waals surface area contributed by atoms with Crippen molar-refractivity contribution in [2.75, 3.05) is 7.05 Å². The maximum absolute atomic E-state index is 3.47. The van der Waals surface area contributed by atoms with Gasteiger partial charge in [0.15, 0.2) is 0 Å². The van der Waals surface area contributed by atoms with Gasteiger partial charge in [-0.2, -0.15) is 0 Å². The van der Waals surface area contributed by atoms with E-state index in [4.69, 9.17) is 0 Å². The first-order valence-electron chi connectivity index (χ1n) is 6.53. The summed E-state index contributed by atoms with van der Waals surface area (Å²) < 4.78 is 0. The summed E-state index contributed by atoms with van der Waals surface area (Å²) in [6.07, 6.45) is 4.99. The van der Waals surface area contributed by atoms with Crippen LogP contribution in [0.15, 0.2) is 30.3 Å². The van der Waals surface area contributed by atoms with E-state index in [9.17, 15) is 0 Å². The molecule has 2 atom stereocenters. The van der Waals surface area contributed by atoms with Crippen LogP contribution in [-0.4, -0.2) is 13.1 Å². The van der Waals surface area contributed by atoms with Crippen LogP contribution in [0.3, 0.4) is 0 Å². The molecule has 90 valence electrons. The first kappa shape index (κ1) is 13.2. The van der Waals surface area contributed by atoms with Crippen LogP contribution in [0.2, 0.25) is 0 Å². The quantitative estimate of drug-likeness (QED) is 0.738. The van der Waals surface area contributed by atoms with Crippen molar-refractivity contribution in [3.05, 3.63) is 35.9 Å². The lowest BCUT2D eigenvalue weighted by molar-refractivity contribution is 0.339. The van der Waals surface area contributed by atoms with Gasteiger partial charge in [0.2, 0.25) is 0 Å². The molecule has 1 N–H and O–H groups in total. The fourth-order valence-electron chi connectivity index (χ4n) is 2.41. The van der Waals surface area contributed by atoms with Gasteiger partial charge in [-0.05, 0) is 31.4 Å². The summed E-state index contributed by atoms with van der Waals surface area (Å²) in [7, 11) is 2.09. The highest BCUT2D eigenvalue weighted by molar-refractivity contribution is 5.15. The van der Waals surface area contributed by atoms with Crippen LogP contribution in [-0.2, 0) is 6.42 Å². The Labute approximate surface area is 100 Å². The highest BCUT2D eigenvalue weighted by Gasteiger charge is 2.17. The van der Waals surface area contributed by atoms with E-state index in [1.165, 1.54) is 31.2 Å². The maximum atomic E-state index is 3.47. The zero-order valence-electron chi connectivity index (χ0n) is 10.9. The molecule has 0 spiro atoms. The Hall–Kier alpha value is -0.820. The molecule has 0 radical (unpaired) electrons. The van der Waals surface area contributed by atoms with Gasteiger partial charge in [0.25, 0.3) is 0 Å². The summed E-state index contributed by atoms with van der Waals surface area (Å²) in [4.78, 5) is 0. The van der Waals surface area contributed by atoms with Crippen LogP contribution < -0.4 is 5.32 Å². The summed E-state index contributed by atoms with van der Waals surface area (Å²) in [6, 6.07) is 11.5. The average Bonchev–Trinajstić information content (AvgIpc) is 2.35. The fraction of sp³-hybridized carbons (Fsp3) is 0.600. The minimum Gasteiger partial charge on any atom is -0.317 e. The predicted molar refractivity (Wildman–Crippen MR) is 71.7 cm³/mol. The normalized spacial score (nSPS) is 14.7. The van der Waals surface area contributed by atoms with Crippen LogP contribution in [0, 0.1) is 5.92 Å². The van der Waals surface area contributed by atoms with Crippen molar-refractivity contribution in [2.24, 2.45) is 5.92 Å². The van der Waals surface area contributed by atoms with E-state index in [1.54, 1.807) is 0 Å². The predicted octanol–water partition coefficient (Wildman–Crippen LogP) is 3.64. The summed E-state index contributed by atoms with van der Waals surface area (Å²) in [5, 5.41) is 3.47. The van der Waals surface area contributed by atoms with Crippen LogP contribution >= 0.6 is 0 Å². The summed E-state index contributed by atoms with van der Waals surface area (Å²) in [5.41, 5.74) is 1.46. The highest BCUT2D eigenvalue weighted by Crippen LogP contribution is 2.19. The van der Waals surface area contributed by atoms with E-state index in [1.807, 2.05) is 0 Å². The number of nitrogens with one attached hydrogen (secondary N) is 1. The standard InChI is InChI=1S/C15H25N/c1-4-9-15(16-3)14(5-2)12-13-10-7-6-8-11-13/h6-8,10-11,14-16H,4-5,9,12H2,1-3H3. The lowest BCUT2D eigenvalue weighted by Crippen LogP contribution is -2.34. The zero-order chi connectivity index (χ0) is 11.8. The van der Waals surface area contributed by atoms with Crippen LogP contribution in [0.5, 0.6) is 0 Å². The summed E-state index contributed by atoms with van der Waals surface area (Å²) >= 11 is 0. The van der Waals surface area contributed by atoms with E-state index >= 15 is 0 Å². The van der Waals surface area contributed by atoms with Crippen molar-refractivity contribution in [2.45, 2.75) is 45.6 Å². The third-order valence-corrected chi connectivity index (χ3v) is 3.40. The van der Waals surface area contributed by atoms with Crippen LogP contribution in [0.4, 0.5) is 0 Å². The number of rotatable bonds is 7. The van der Waals surface area contributed by atoms with Crippen molar-refractivity contribution >= 4 is 0 Å². The van der Waals surface area contributed by atoms with Gasteiger partial charge in [-0.3, -0.25) is 0 Å². The Balaban J connectivity index is 2.60. The Bertz CT molecular complexity index is 268. The van der Waals surface area contributed by atoms with Gasteiger partial charge in [0.05, 0.1) is 0 Å². The van der Waals surface area contributed by atoms with Crippen LogP contribution in [0.25, 0.3) is 0 Å². The molecule has 0 amide bonds. The van der Waals surface area contributed by atoms with Gasteiger partial charge >= 0.3 is 0 Å². The topological polar surface area (TPSA) is 12.0 Å². The van der Waals surface area contributed by atoms with E-state index in [-0.39, 0.29) is 0 Å². The van der Waals surface area contributed by atoms with Crippen molar-refractivity contribution < 1.29 is 0 Å². The van der Waals surface area contributed by atoms with Crippen molar-refractivity contribution in [3.8, 4) is 0 Å². The molecule has 1 rings (SSSR count). The summed E-state index contributed by atoms with van der Waals surface area (Å²) in [6.45, 7) is 4.56. The fourth-order valence-corrected chi connectivity index (χ4v) is 2.41. The number of hydrogen-bond acceptors (Lipinski definition) is 1. The molecule has 1 aromatic carbocycles. The highest BCUT2D eigenvalue weighted by atomic mass is 14.9. The van der Waals surface area contributed by atoms with Gasteiger partial charge < -0.3 is 5.32 Å². The Morgan fingerprint density at radius 3 is 2.31 bits per heavy atom. The SMILES string of the molecule is CCCC(NC)C(CC)Cc1ccccc1. The molecular formula is C15H25N. The van der Waals surface area contributed by atoms with Gasteiger partial charge in [0.1, 0.15) is 0 Å².